The van der Waals surface area contributed by atoms with Crippen LogP contribution in [0.5, 0.6) is 0 Å². The highest BCUT2D eigenvalue weighted by Gasteiger charge is 2.35. The number of thiocarbonyl (C=S) groups is 1. The first-order valence-electron chi connectivity index (χ1n) is 11.0. The second-order valence-corrected chi connectivity index (χ2v) is 9.68. The second kappa shape index (κ2) is 11.3. The van der Waals surface area contributed by atoms with E-state index in [1.807, 2.05) is 0 Å². The minimum atomic E-state index is -4.87. The highest BCUT2D eigenvalue weighted by atomic mass is 32.2. The van der Waals surface area contributed by atoms with Gasteiger partial charge in [-0.1, -0.05) is 30.0 Å². The molecule has 4 rings (SSSR count). The van der Waals surface area contributed by atoms with Crippen LogP contribution in [0, 0.1) is 5.82 Å². The molecule has 3 heterocycles. The molecule has 3 aromatic rings. The Bertz CT molecular complexity index is 1530. The third-order valence-corrected chi connectivity index (χ3v) is 6.69. The molecular weight excluding hydrogens is 560 g/mol. The number of thioether (sulfide) groups is 1. The highest BCUT2D eigenvalue weighted by molar-refractivity contribution is 8.26. The second-order valence-electron chi connectivity index (χ2n) is 8.01. The molecule has 1 aromatic carbocycles. The number of benzene rings is 1. The number of carbonyl (C=O) groups is 3. The summed E-state index contributed by atoms with van der Waals surface area (Å²) in [4.78, 5) is 45.6. The van der Waals surface area contributed by atoms with Gasteiger partial charge in [0.25, 0.3) is 5.91 Å². The maximum atomic E-state index is 13.7. The van der Waals surface area contributed by atoms with Crippen LogP contribution in [0.3, 0.4) is 0 Å². The van der Waals surface area contributed by atoms with Crippen molar-refractivity contribution in [2.75, 3.05) is 11.9 Å². The molecule has 0 aliphatic carbocycles. The molecule has 1 fully saturated rings. The lowest BCUT2D eigenvalue weighted by molar-refractivity contribution is -0.140. The van der Waals surface area contributed by atoms with E-state index in [0.29, 0.717) is 12.1 Å². The quantitative estimate of drug-likeness (QED) is 0.224. The summed E-state index contributed by atoms with van der Waals surface area (Å²) < 4.78 is 53.2. The van der Waals surface area contributed by atoms with Crippen LogP contribution in [-0.2, 0) is 15.8 Å². The number of amides is 2. The average molecular weight is 577 g/mol. The van der Waals surface area contributed by atoms with Crippen molar-refractivity contribution in [2.45, 2.75) is 12.6 Å². The van der Waals surface area contributed by atoms with Gasteiger partial charge in [-0.15, -0.1) is 0 Å². The lowest BCUT2D eigenvalue weighted by Crippen LogP contribution is -2.31. The number of aromatic carboxylic acids is 1. The van der Waals surface area contributed by atoms with Crippen LogP contribution in [0.25, 0.3) is 17.3 Å². The van der Waals surface area contributed by atoms with Gasteiger partial charge in [0, 0.05) is 30.4 Å². The molecule has 14 heteroatoms. The van der Waals surface area contributed by atoms with E-state index in [2.05, 4.69) is 15.3 Å². The number of anilines is 1. The van der Waals surface area contributed by atoms with Crippen LogP contribution in [0.1, 0.15) is 28.2 Å². The van der Waals surface area contributed by atoms with Crippen molar-refractivity contribution >= 4 is 57.8 Å². The van der Waals surface area contributed by atoms with Gasteiger partial charge in [-0.3, -0.25) is 14.5 Å². The van der Waals surface area contributed by atoms with Crippen molar-refractivity contribution < 1.29 is 37.1 Å². The molecule has 0 bridgehead atoms. The number of alkyl halides is 3. The van der Waals surface area contributed by atoms with Gasteiger partial charge >= 0.3 is 12.1 Å². The van der Waals surface area contributed by atoms with E-state index in [1.165, 1.54) is 53.6 Å². The molecule has 8 nitrogen and oxygen atoms in total. The van der Waals surface area contributed by atoms with E-state index in [9.17, 15) is 31.9 Å². The number of hydrogen-bond donors (Lipinski definition) is 2. The third-order valence-electron chi connectivity index (χ3n) is 5.32. The maximum absolute atomic E-state index is 13.7. The number of carboxylic acids is 1. The summed E-state index contributed by atoms with van der Waals surface area (Å²) in [6.07, 6.45) is -2.35. The van der Waals surface area contributed by atoms with Crippen molar-refractivity contribution in [1.82, 2.24) is 14.9 Å². The lowest BCUT2D eigenvalue weighted by atomic mass is 10.1. The van der Waals surface area contributed by atoms with Crippen LogP contribution in [0.15, 0.2) is 59.6 Å². The SMILES string of the molecule is O=C(CCN1C(=O)/C(=C/c2cccc(-c3ccc(F)c(C(F)(F)F)c3)n2)SC1=S)Nc1ccnc(C(=O)O)c1. The van der Waals surface area contributed by atoms with Crippen molar-refractivity contribution in [3.63, 3.8) is 0 Å². The topological polar surface area (TPSA) is 112 Å². The van der Waals surface area contributed by atoms with Crippen molar-refractivity contribution in [3.8, 4) is 11.3 Å². The Morgan fingerprint density at radius 3 is 2.64 bits per heavy atom. The van der Waals surface area contributed by atoms with E-state index in [0.717, 1.165) is 11.8 Å². The molecular formula is C25H16F4N4O4S2. The molecule has 0 saturated carbocycles. The molecule has 1 aliphatic heterocycles. The highest BCUT2D eigenvalue weighted by Crippen LogP contribution is 2.35. The normalized spacial score (nSPS) is 14.7. The van der Waals surface area contributed by atoms with Gasteiger partial charge in [-0.05, 0) is 48.5 Å². The fourth-order valence-electron chi connectivity index (χ4n) is 3.48. The minimum Gasteiger partial charge on any atom is -0.477 e. The van der Waals surface area contributed by atoms with E-state index in [4.69, 9.17) is 17.3 Å². The Morgan fingerprint density at radius 2 is 1.92 bits per heavy atom. The predicted molar refractivity (Wildman–Crippen MR) is 139 cm³/mol. The molecule has 0 radical (unpaired) electrons. The first kappa shape index (κ1) is 27.9. The molecule has 200 valence electrons. The predicted octanol–water partition coefficient (Wildman–Crippen LogP) is 5.23. The van der Waals surface area contributed by atoms with Crippen LogP contribution in [0.2, 0.25) is 0 Å². The summed E-state index contributed by atoms with van der Waals surface area (Å²) in [6.45, 7) is -0.0476. The third kappa shape index (κ3) is 6.64. The average Bonchev–Trinajstić information content (AvgIpc) is 3.14. The standard InChI is InChI=1S/C25H16F4N4O4S2/c26-17-5-4-13(10-16(17)25(27,28)29)18-3-1-2-14(31-18)12-20-22(35)33(24(38)39-20)9-7-21(34)32-15-6-8-30-19(11-15)23(36)37/h1-6,8,10-12H,7,9H2,(H,36,37)(H,30,32,34)/b20-12-. The zero-order valence-electron chi connectivity index (χ0n) is 19.5. The smallest absolute Gasteiger partial charge is 0.419 e. The first-order valence-corrected chi connectivity index (χ1v) is 12.2. The molecule has 0 spiro atoms. The summed E-state index contributed by atoms with van der Waals surface area (Å²) in [6, 6.07) is 9.70. The Kier molecular flexibility index (Phi) is 8.06. The van der Waals surface area contributed by atoms with Gasteiger partial charge in [-0.2, -0.15) is 13.2 Å². The number of carbonyl (C=O) groups excluding carboxylic acids is 2. The van der Waals surface area contributed by atoms with Gasteiger partial charge in [0.2, 0.25) is 5.91 Å². The van der Waals surface area contributed by atoms with Crippen LogP contribution in [0.4, 0.5) is 23.2 Å². The number of pyridine rings is 2. The molecule has 2 aromatic heterocycles. The van der Waals surface area contributed by atoms with Crippen molar-refractivity contribution in [1.29, 1.82) is 0 Å². The van der Waals surface area contributed by atoms with Crippen LogP contribution < -0.4 is 5.32 Å². The molecule has 1 aliphatic rings. The lowest BCUT2D eigenvalue weighted by Gasteiger charge is -2.14. The first-order chi connectivity index (χ1) is 18.4. The van der Waals surface area contributed by atoms with Gasteiger partial charge < -0.3 is 10.4 Å². The van der Waals surface area contributed by atoms with Gasteiger partial charge in [0.15, 0.2) is 0 Å². The summed E-state index contributed by atoms with van der Waals surface area (Å²) in [5.74, 6) is -3.62. The van der Waals surface area contributed by atoms with Crippen molar-refractivity contribution in [3.05, 3.63) is 82.4 Å². The fraction of sp³-hybridized carbons (Fsp3) is 0.120. The summed E-state index contributed by atoms with van der Waals surface area (Å²) in [5.41, 5.74) is -0.982. The monoisotopic (exact) mass is 576 g/mol. The Labute approximate surface area is 227 Å². The zero-order chi connectivity index (χ0) is 28.3. The van der Waals surface area contributed by atoms with E-state index < -0.39 is 35.3 Å². The largest absolute Gasteiger partial charge is 0.477 e. The van der Waals surface area contributed by atoms with E-state index in [1.54, 1.807) is 0 Å². The summed E-state index contributed by atoms with van der Waals surface area (Å²) >= 11 is 6.23. The number of nitrogens with one attached hydrogen (secondary N) is 1. The number of halogens is 4. The summed E-state index contributed by atoms with van der Waals surface area (Å²) in [7, 11) is 0. The molecule has 39 heavy (non-hydrogen) atoms. The zero-order valence-corrected chi connectivity index (χ0v) is 21.2. The van der Waals surface area contributed by atoms with Crippen LogP contribution in [-0.4, -0.2) is 48.6 Å². The van der Waals surface area contributed by atoms with Gasteiger partial charge in [-0.25, -0.2) is 19.2 Å². The number of carboxylic acid groups (broad SMARTS) is 1. The van der Waals surface area contributed by atoms with E-state index in [-0.39, 0.29) is 50.5 Å². The molecule has 2 amide bonds. The fourth-order valence-corrected chi connectivity index (χ4v) is 4.78. The van der Waals surface area contributed by atoms with Crippen LogP contribution >= 0.6 is 24.0 Å². The maximum Gasteiger partial charge on any atom is 0.419 e. The number of hydrogen-bond acceptors (Lipinski definition) is 7. The van der Waals surface area contributed by atoms with E-state index >= 15 is 0 Å². The molecule has 0 atom stereocenters. The van der Waals surface area contributed by atoms with Gasteiger partial charge in [0.05, 0.1) is 21.9 Å². The minimum absolute atomic E-state index is 0.0437. The molecule has 0 unspecified atom stereocenters. The summed E-state index contributed by atoms with van der Waals surface area (Å²) in [5, 5.41) is 11.5. The molecule has 2 N–H and O–H groups in total. The Morgan fingerprint density at radius 1 is 1.15 bits per heavy atom. The van der Waals surface area contributed by atoms with Gasteiger partial charge in [0.1, 0.15) is 15.8 Å². The Balaban J connectivity index is 1.45. The van der Waals surface area contributed by atoms with Crippen molar-refractivity contribution in [2.24, 2.45) is 0 Å². The number of aromatic nitrogens is 2. The number of nitrogens with zero attached hydrogens (tertiary/aromatic N) is 3. The number of rotatable bonds is 7. The Hall–Kier alpha value is -4.17. The molecule has 1 saturated heterocycles.